The van der Waals surface area contributed by atoms with Crippen LogP contribution in [0.25, 0.3) is 0 Å². The Balaban J connectivity index is 2.91. The largest absolute Gasteiger partial charge is 0.409 e. The molecule has 0 radical (unpaired) electrons. The van der Waals surface area contributed by atoms with Crippen molar-refractivity contribution in [3.8, 4) is 0 Å². The lowest BCUT2D eigenvalue weighted by Gasteiger charge is -2.12. The van der Waals surface area contributed by atoms with Crippen LogP contribution in [-0.2, 0) is 10.0 Å². The van der Waals surface area contributed by atoms with Crippen molar-refractivity contribution in [1.29, 1.82) is 0 Å². The molecule has 0 spiro atoms. The first kappa shape index (κ1) is 15.3. The van der Waals surface area contributed by atoms with Gasteiger partial charge in [-0.1, -0.05) is 12.1 Å². The first-order valence-corrected chi connectivity index (χ1v) is 6.68. The summed E-state index contributed by atoms with van der Waals surface area (Å²) >= 11 is 0. The number of hydrogen-bond donors (Lipinski definition) is 3. The molecule has 1 rings (SSSR count). The minimum Gasteiger partial charge on any atom is -0.409 e. The number of nitrogens with one attached hydrogen (secondary N) is 1. The highest BCUT2D eigenvalue weighted by Crippen LogP contribution is 2.15. The number of rotatable bonds is 5. The maximum atomic E-state index is 13.3. The fourth-order valence-electron chi connectivity index (χ4n) is 1.20. The second-order valence-corrected chi connectivity index (χ2v) is 5.59. The van der Waals surface area contributed by atoms with Crippen molar-refractivity contribution in [3.05, 3.63) is 29.8 Å². The Kier molecular flexibility index (Phi) is 4.78. The summed E-state index contributed by atoms with van der Waals surface area (Å²) in [5.41, 5.74) is 5.27. The predicted octanol–water partition coefficient (Wildman–Crippen LogP) is 0.626. The summed E-state index contributed by atoms with van der Waals surface area (Å²) in [6, 6.07) is 2.11. The van der Waals surface area contributed by atoms with Crippen LogP contribution >= 0.6 is 0 Å². The second kappa shape index (κ2) is 5.93. The molecule has 1 aromatic rings. The quantitative estimate of drug-likeness (QED) is 0.320. The van der Waals surface area contributed by atoms with Gasteiger partial charge in [0.05, 0.1) is 0 Å². The van der Waals surface area contributed by atoms with Gasteiger partial charge in [0.15, 0.2) is 0 Å². The highest BCUT2D eigenvalue weighted by Gasteiger charge is 2.21. The van der Waals surface area contributed by atoms with Crippen molar-refractivity contribution in [2.75, 3.05) is 6.54 Å². The number of amidine groups is 1. The third kappa shape index (κ3) is 3.86. The number of oxime groups is 1. The molecule has 1 atom stereocenters. The van der Waals surface area contributed by atoms with Gasteiger partial charge in [-0.15, -0.1) is 0 Å². The standard InChI is InChI=1S/C10H13F2N3O3S/c1-6(10(13)15-16)5-14-19(17,18)9-4-7(11)2-3-8(9)12/h2-4,6,14,16H,5H2,1H3,(H2,13,15). The average Bonchev–Trinajstić information content (AvgIpc) is 2.37. The van der Waals surface area contributed by atoms with Crippen molar-refractivity contribution in [2.45, 2.75) is 11.8 Å². The first-order valence-electron chi connectivity index (χ1n) is 5.20. The Morgan fingerprint density at radius 2 is 2.16 bits per heavy atom. The molecular formula is C10H13F2N3O3S. The Morgan fingerprint density at radius 3 is 2.74 bits per heavy atom. The third-order valence-electron chi connectivity index (χ3n) is 2.38. The van der Waals surface area contributed by atoms with Crippen molar-refractivity contribution < 1.29 is 22.4 Å². The van der Waals surface area contributed by atoms with Gasteiger partial charge >= 0.3 is 0 Å². The summed E-state index contributed by atoms with van der Waals surface area (Å²) in [4.78, 5) is -0.792. The highest BCUT2D eigenvalue weighted by molar-refractivity contribution is 7.89. The third-order valence-corrected chi connectivity index (χ3v) is 3.82. The van der Waals surface area contributed by atoms with Crippen LogP contribution in [0.4, 0.5) is 8.78 Å². The van der Waals surface area contributed by atoms with Gasteiger partial charge in [-0.25, -0.2) is 21.9 Å². The number of hydrogen-bond acceptors (Lipinski definition) is 4. The molecule has 0 aliphatic carbocycles. The van der Waals surface area contributed by atoms with Crippen LogP contribution in [0.1, 0.15) is 6.92 Å². The van der Waals surface area contributed by atoms with E-state index in [4.69, 9.17) is 10.9 Å². The Bertz CT molecular complexity index is 590. The zero-order valence-corrected chi connectivity index (χ0v) is 10.8. The van der Waals surface area contributed by atoms with E-state index in [1.54, 1.807) is 0 Å². The summed E-state index contributed by atoms with van der Waals surface area (Å²) < 4.78 is 51.8. The van der Waals surface area contributed by atoms with Crippen LogP contribution in [0.2, 0.25) is 0 Å². The normalized spacial score (nSPS) is 14.4. The molecule has 0 bridgehead atoms. The van der Waals surface area contributed by atoms with E-state index in [1.807, 2.05) is 0 Å². The van der Waals surface area contributed by atoms with Gasteiger partial charge in [-0.05, 0) is 18.2 Å². The van der Waals surface area contributed by atoms with Crippen LogP contribution in [0.5, 0.6) is 0 Å². The number of benzene rings is 1. The van der Waals surface area contributed by atoms with Gasteiger partial charge in [0, 0.05) is 12.5 Å². The molecule has 0 amide bonds. The molecule has 0 saturated heterocycles. The maximum absolute atomic E-state index is 13.3. The lowest BCUT2D eigenvalue weighted by atomic mass is 10.2. The van der Waals surface area contributed by atoms with Gasteiger partial charge in [-0.3, -0.25) is 0 Å². The van der Waals surface area contributed by atoms with Crippen LogP contribution in [0.15, 0.2) is 28.3 Å². The van der Waals surface area contributed by atoms with Gasteiger partial charge in [0.2, 0.25) is 10.0 Å². The van der Waals surface area contributed by atoms with Crippen LogP contribution in [0.3, 0.4) is 0 Å². The Hall–Kier alpha value is -1.74. The summed E-state index contributed by atoms with van der Waals surface area (Å²) in [6.45, 7) is 1.29. The van der Waals surface area contributed by atoms with Gasteiger partial charge in [-0.2, -0.15) is 0 Å². The molecule has 0 aromatic heterocycles. The topological polar surface area (TPSA) is 105 Å². The SMILES string of the molecule is CC(CNS(=O)(=O)c1cc(F)ccc1F)C(N)=NO. The molecule has 19 heavy (non-hydrogen) atoms. The van der Waals surface area contributed by atoms with Crippen LogP contribution < -0.4 is 10.5 Å². The van der Waals surface area contributed by atoms with E-state index in [0.717, 1.165) is 12.1 Å². The Labute approximate surface area is 109 Å². The van der Waals surface area contributed by atoms with Crippen molar-refractivity contribution in [1.82, 2.24) is 4.72 Å². The molecule has 0 aliphatic heterocycles. The second-order valence-electron chi connectivity index (χ2n) is 3.85. The molecular weight excluding hydrogens is 280 g/mol. The minimum absolute atomic E-state index is 0.178. The fourth-order valence-corrected chi connectivity index (χ4v) is 2.42. The van der Waals surface area contributed by atoms with Crippen LogP contribution in [0, 0.1) is 17.6 Å². The lowest BCUT2D eigenvalue weighted by Crippen LogP contribution is -2.35. The zero-order valence-electron chi connectivity index (χ0n) is 9.97. The van der Waals surface area contributed by atoms with Gasteiger partial charge < -0.3 is 10.9 Å². The van der Waals surface area contributed by atoms with Crippen molar-refractivity contribution >= 4 is 15.9 Å². The highest BCUT2D eigenvalue weighted by atomic mass is 32.2. The van der Waals surface area contributed by atoms with E-state index in [-0.39, 0.29) is 12.4 Å². The maximum Gasteiger partial charge on any atom is 0.243 e. The van der Waals surface area contributed by atoms with Gasteiger partial charge in [0.25, 0.3) is 0 Å². The average molecular weight is 293 g/mol. The number of sulfonamides is 1. The van der Waals surface area contributed by atoms with E-state index in [0.29, 0.717) is 6.07 Å². The molecule has 0 aliphatic rings. The predicted molar refractivity (Wildman–Crippen MR) is 64.1 cm³/mol. The van der Waals surface area contributed by atoms with E-state index in [9.17, 15) is 17.2 Å². The van der Waals surface area contributed by atoms with E-state index >= 15 is 0 Å². The molecule has 0 heterocycles. The van der Waals surface area contributed by atoms with E-state index in [1.165, 1.54) is 6.92 Å². The molecule has 0 fully saturated rings. The van der Waals surface area contributed by atoms with Crippen molar-refractivity contribution in [2.24, 2.45) is 16.8 Å². The monoisotopic (exact) mass is 293 g/mol. The molecule has 1 unspecified atom stereocenters. The van der Waals surface area contributed by atoms with Crippen molar-refractivity contribution in [3.63, 3.8) is 0 Å². The summed E-state index contributed by atoms with van der Waals surface area (Å²) in [6.07, 6.45) is 0. The molecule has 9 heteroatoms. The summed E-state index contributed by atoms with van der Waals surface area (Å²) in [5.74, 6) is -2.71. The molecule has 6 nitrogen and oxygen atoms in total. The number of halogens is 2. The number of nitrogens with zero attached hydrogens (tertiary/aromatic N) is 1. The lowest BCUT2D eigenvalue weighted by molar-refractivity contribution is 0.314. The fraction of sp³-hybridized carbons (Fsp3) is 0.300. The molecule has 4 N–H and O–H groups in total. The van der Waals surface area contributed by atoms with Gasteiger partial charge in [0.1, 0.15) is 22.4 Å². The zero-order chi connectivity index (χ0) is 14.6. The van der Waals surface area contributed by atoms with E-state index < -0.39 is 32.5 Å². The molecule has 106 valence electrons. The smallest absolute Gasteiger partial charge is 0.243 e. The minimum atomic E-state index is -4.21. The summed E-state index contributed by atoms with van der Waals surface area (Å²) in [7, 11) is -4.21. The molecule has 0 saturated carbocycles. The van der Waals surface area contributed by atoms with Crippen LogP contribution in [-0.4, -0.2) is 26.0 Å². The number of nitrogens with two attached hydrogens (primary N) is 1. The summed E-state index contributed by atoms with van der Waals surface area (Å²) in [5, 5.41) is 11.1. The van der Waals surface area contributed by atoms with E-state index in [2.05, 4.69) is 9.88 Å². The first-order chi connectivity index (χ1) is 8.77. The Morgan fingerprint density at radius 1 is 1.53 bits per heavy atom. The molecule has 1 aromatic carbocycles.